The topological polar surface area (TPSA) is 80.0 Å². The molecule has 0 bridgehead atoms. The monoisotopic (exact) mass is 416 g/mol. The second-order valence-electron chi connectivity index (χ2n) is 7.15. The average Bonchev–Trinajstić information content (AvgIpc) is 3.22. The molecule has 0 aromatic carbocycles. The number of anilines is 1. The number of halogens is 1. The van der Waals surface area contributed by atoms with Crippen molar-refractivity contribution >= 4 is 46.5 Å². The Morgan fingerprint density at radius 1 is 1.35 bits per heavy atom. The van der Waals surface area contributed by atoms with Crippen LogP contribution in [0.5, 0.6) is 0 Å². The van der Waals surface area contributed by atoms with Crippen LogP contribution in [-0.2, 0) is 16.0 Å². The third-order valence-electron chi connectivity index (χ3n) is 4.06. The fourth-order valence-corrected chi connectivity index (χ4v) is 4.26. The minimum absolute atomic E-state index is 0. The number of amides is 1. The molecule has 0 aliphatic carbocycles. The molecule has 1 saturated heterocycles. The maximum Gasteiger partial charge on any atom is 0.229 e. The van der Waals surface area contributed by atoms with Gasteiger partial charge in [0.1, 0.15) is 5.76 Å². The van der Waals surface area contributed by atoms with Crippen molar-refractivity contribution in [3.8, 4) is 0 Å². The Bertz CT molecular complexity index is 720. The van der Waals surface area contributed by atoms with Crippen molar-refractivity contribution in [1.29, 1.82) is 0 Å². The van der Waals surface area contributed by atoms with Crippen LogP contribution in [0, 0.1) is 5.92 Å². The molecule has 2 aromatic rings. The van der Waals surface area contributed by atoms with Crippen molar-refractivity contribution in [1.82, 2.24) is 15.3 Å². The lowest BCUT2D eigenvalue weighted by molar-refractivity contribution is -0.120. The zero-order valence-corrected chi connectivity index (χ0v) is 17.7. The van der Waals surface area contributed by atoms with E-state index in [1.54, 1.807) is 24.2 Å². The Morgan fingerprint density at radius 3 is 2.73 bits per heavy atom. The Morgan fingerprint density at radius 2 is 2.08 bits per heavy atom. The molecular formula is C17H25ClN4O2S2. The summed E-state index contributed by atoms with van der Waals surface area (Å²) in [5, 5.41) is 6.87. The first kappa shape index (κ1) is 21.2. The summed E-state index contributed by atoms with van der Waals surface area (Å²) in [5.74, 6) is 2.42. The SMILES string of the molecule is CC(C)(C)c1cnc(CSc2cnc(NC(=O)C3CCNCC3)s2)o1.Cl. The second kappa shape index (κ2) is 9.21. The molecular weight excluding hydrogens is 392 g/mol. The number of nitrogens with one attached hydrogen (secondary N) is 2. The molecule has 2 aromatic heterocycles. The molecule has 0 atom stereocenters. The largest absolute Gasteiger partial charge is 0.444 e. The average molecular weight is 417 g/mol. The van der Waals surface area contributed by atoms with Crippen molar-refractivity contribution in [2.24, 2.45) is 5.92 Å². The fraction of sp³-hybridized carbons (Fsp3) is 0.588. The van der Waals surface area contributed by atoms with Gasteiger partial charge in [-0.3, -0.25) is 4.79 Å². The van der Waals surface area contributed by atoms with E-state index in [-0.39, 0.29) is 29.6 Å². The fourth-order valence-electron chi connectivity index (χ4n) is 2.53. The minimum atomic E-state index is -0.0352. The molecule has 2 N–H and O–H groups in total. The van der Waals surface area contributed by atoms with Crippen LogP contribution in [0.15, 0.2) is 21.0 Å². The summed E-state index contributed by atoms with van der Waals surface area (Å²) in [4.78, 5) is 20.9. The van der Waals surface area contributed by atoms with Gasteiger partial charge in [-0.05, 0) is 25.9 Å². The van der Waals surface area contributed by atoms with Crippen LogP contribution < -0.4 is 10.6 Å². The van der Waals surface area contributed by atoms with Gasteiger partial charge in [-0.25, -0.2) is 9.97 Å². The zero-order chi connectivity index (χ0) is 17.9. The molecule has 3 rings (SSSR count). The molecule has 1 aliphatic heterocycles. The lowest BCUT2D eigenvalue weighted by Crippen LogP contribution is -2.34. The van der Waals surface area contributed by atoms with Gasteiger partial charge >= 0.3 is 0 Å². The molecule has 0 unspecified atom stereocenters. The maximum absolute atomic E-state index is 12.2. The number of thioether (sulfide) groups is 1. The van der Waals surface area contributed by atoms with Crippen molar-refractivity contribution in [2.45, 2.75) is 49.0 Å². The molecule has 0 saturated carbocycles. The van der Waals surface area contributed by atoms with Gasteiger partial charge in [-0.15, -0.1) is 24.2 Å². The standard InChI is InChI=1S/C17H24N4O2S2.ClH/c1-17(2,3)12-8-19-13(23-12)10-24-14-9-20-16(25-14)21-15(22)11-4-6-18-7-5-11;/h8-9,11,18H,4-7,10H2,1-3H3,(H,20,21,22);1H. The summed E-state index contributed by atoms with van der Waals surface area (Å²) in [5.41, 5.74) is -0.0352. The highest BCUT2D eigenvalue weighted by atomic mass is 35.5. The summed E-state index contributed by atoms with van der Waals surface area (Å²) >= 11 is 3.11. The molecule has 3 heterocycles. The number of oxazole rings is 1. The first-order valence-corrected chi connectivity index (χ1v) is 10.3. The van der Waals surface area contributed by atoms with Crippen LogP contribution in [0.4, 0.5) is 5.13 Å². The lowest BCUT2D eigenvalue weighted by atomic mass is 9.94. The van der Waals surface area contributed by atoms with Crippen molar-refractivity contribution in [3.63, 3.8) is 0 Å². The van der Waals surface area contributed by atoms with Crippen LogP contribution in [-0.4, -0.2) is 29.0 Å². The summed E-state index contributed by atoms with van der Waals surface area (Å²) in [6.45, 7) is 8.12. The van der Waals surface area contributed by atoms with E-state index < -0.39 is 0 Å². The Balaban J connectivity index is 0.00000243. The van der Waals surface area contributed by atoms with E-state index >= 15 is 0 Å². The van der Waals surface area contributed by atoms with Crippen LogP contribution in [0.25, 0.3) is 0 Å². The quantitative estimate of drug-likeness (QED) is 0.715. The van der Waals surface area contributed by atoms with Crippen LogP contribution in [0.3, 0.4) is 0 Å². The minimum Gasteiger partial charge on any atom is -0.444 e. The number of thiazole rings is 1. The third kappa shape index (κ3) is 5.70. The number of piperidine rings is 1. The normalized spacial score (nSPS) is 15.5. The Hall–Kier alpha value is -1.09. The summed E-state index contributed by atoms with van der Waals surface area (Å²) in [7, 11) is 0. The van der Waals surface area contributed by atoms with Gasteiger partial charge < -0.3 is 15.1 Å². The van der Waals surface area contributed by atoms with Gasteiger partial charge in [0.05, 0.1) is 22.4 Å². The van der Waals surface area contributed by atoms with Crippen molar-refractivity contribution in [2.75, 3.05) is 18.4 Å². The van der Waals surface area contributed by atoms with Gasteiger partial charge in [0.15, 0.2) is 5.13 Å². The zero-order valence-electron chi connectivity index (χ0n) is 15.2. The molecule has 6 nitrogen and oxygen atoms in total. The van der Waals surface area contributed by atoms with E-state index in [0.717, 1.165) is 35.9 Å². The molecule has 1 amide bonds. The van der Waals surface area contributed by atoms with Crippen LogP contribution in [0.1, 0.15) is 45.3 Å². The number of aromatic nitrogens is 2. The molecule has 144 valence electrons. The first-order valence-electron chi connectivity index (χ1n) is 8.47. The van der Waals surface area contributed by atoms with E-state index in [1.165, 1.54) is 11.3 Å². The van der Waals surface area contributed by atoms with Crippen LogP contribution >= 0.6 is 35.5 Å². The predicted octanol–water partition coefficient (Wildman–Crippen LogP) is 4.08. The number of hydrogen-bond donors (Lipinski definition) is 2. The third-order valence-corrected chi connectivity index (χ3v) is 6.15. The summed E-state index contributed by atoms with van der Waals surface area (Å²) < 4.78 is 6.84. The van der Waals surface area contributed by atoms with Gasteiger partial charge in [0.2, 0.25) is 11.8 Å². The van der Waals surface area contributed by atoms with Gasteiger partial charge in [0.25, 0.3) is 0 Å². The van der Waals surface area contributed by atoms with Gasteiger partial charge in [0, 0.05) is 11.3 Å². The van der Waals surface area contributed by atoms with Crippen LogP contribution in [0.2, 0.25) is 0 Å². The molecule has 0 spiro atoms. The maximum atomic E-state index is 12.2. The molecule has 1 fully saturated rings. The van der Waals surface area contributed by atoms with Crippen molar-refractivity contribution < 1.29 is 9.21 Å². The first-order chi connectivity index (χ1) is 11.9. The van der Waals surface area contributed by atoms with E-state index in [4.69, 9.17) is 4.42 Å². The highest BCUT2D eigenvalue weighted by Crippen LogP contribution is 2.32. The number of carbonyl (C=O) groups excluding carboxylic acids is 1. The summed E-state index contributed by atoms with van der Waals surface area (Å²) in [6.07, 6.45) is 5.37. The summed E-state index contributed by atoms with van der Waals surface area (Å²) in [6, 6.07) is 0. The Labute approximate surface area is 168 Å². The smallest absolute Gasteiger partial charge is 0.229 e. The van der Waals surface area contributed by atoms with E-state index in [9.17, 15) is 4.79 Å². The number of hydrogen-bond acceptors (Lipinski definition) is 7. The molecule has 1 aliphatic rings. The highest BCUT2D eigenvalue weighted by molar-refractivity contribution is 8.00. The lowest BCUT2D eigenvalue weighted by Gasteiger charge is -2.20. The van der Waals surface area contributed by atoms with E-state index in [1.807, 2.05) is 0 Å². The van der Waals surface area contributed by atoms with Crippen molar-refractivity contribution in [3.05, 3.63) is 24.0 Å². The predicted molar refractivity (Wildman–Crippen MR) is 108 cm³/mol. The Kier molecular flexibility index (Phi) is 7.52. The van der Waals surface area contributed by atoms with E-state index in [2.05, 4.69) is 41.4 Å². The van der Waals surface area contributed by atoms with Gasteiger partial charge in [-0.2, -0.15) is 0 Å². The number of carbonyl (C=O) groups is 1. The van der Waals surface area contributed by atoms with E-state index in [0.29, 0.717) is 16.8 Å². The molecule has 0 radical (unpaired) electrons. The molecule has 26 heavy (non-hydrogen) atoms. The highest BCUT2D eigenvalue weighted by Gasteiger charge is 2.22. The number of nitrogens with zero attached hydrogens (tertiary/aromatic N) is 2. The van der Waals surface area contributed by atoms with Gasteiger partial charge in [-0.1, -0.05) is 32.1 Å². The molecule has 9 heteroatoms. The number of rotatable bonds is 5. The second-order valence-corrected chi connectivity index (χ2v) is 9.46.